The van der Waals surface area contributed by atoms with Crippen LogP contribution in [0.2, 0.25) is 5.02 Å². The molecule has 0 aliphatic heterocycles. The normalized spacial score (nSPS) is 10.3. The quantitative estimate of drug-likeness (QED) is 0.726. The molecule has 0 fully saturated rings. The van der Waals surface area contributed by atoms with Crippen LogP contribution in [0.3, 0.4) is 0 Å². The van der Waals surface area contributed by atoms with E-state index in [2.05, 4.69) is 0 Å². The molecule has 0 saturated heterocycles. The predicted molar refractivity (Wildman–Crippen MR) is 58.3 cm³/mol. The summed E-state index contributed by atoms with van der Waals surface area (Å²) in [6.45, 7) is 1.88. The third-order valence-electron chi connectivity index (χ3n) is 2.23. The standard InChI is InChI=1S/C12H9ClO2/c1-8-2-3-10(13)6-11(8)12(14)9-4-5-15-7-9/h2-7H,1H3. The second kappa shape index (κ2) is 3.91. The van der Waals surface area contributed by atoms with E-state index >= 15 is 0 Å². The molecule has 2 aromatic rings. The lowest BCUT2D eigenvalue weighted by molar-refractivity contribution is 0.103. The van der Waals surface area contributed by atoms with Gasteiger partial charge in [-0.3, -0.25) is 4.79 Å². The van der Waals surface area contributed by atoms with Gasteiger partial charge >= 0.3 is 0 Å². The molecule has 3 heteroatoms. The van der Waals surface area contributed by atoms with Crippen molar-refractivity contribution >= 4 is 17.4 Å². The fourth-order valence-electron chi connectivity index (χ4n) is 1.39. The summed E-state index contributed by atoms with van der Waals surface area (Å²) < 4.78 is 4.87. The summed E-state index contributed by atoms with van der Waals surface area (Å²) in [4.78, 5) is 12.0. The second-order valence-corrected chi connectivity index (χ2v) is 3.74. The van der Waals surface area contributed by atoms with E-state index in [-0.39, 0.29) is 5.78 Å². The minimum Gasteiger partial charge on any atom is -0.472 e. The maximum absolute atomic E-state index is 12.0. The van der Waals surface area contributed by atoms with Crippen LogP contribution in [0, 0.1) is 6.92 Å². The Morgan fingerprint density at radius 3 is 2.80 bits per heavy atom. The van der Waals surface area contributed by atoms with E-state index in [1.165, 1.54) is 12.5 Å². The topological polar surface area (TPSA) is 30.2 Å². The van der Waals surface area contributed by atoms with Crippen LogP contribution >= 0.6 is 11.6 Å². The Balaban J connectivity index is 2.46. The summed E-state index contributed by atoms with van der Waals surface area (Å²) in [7, 11) is 0. The van der Waals surface area contributed by atoms with E-state index in [0.29, 0.717) is 16.1 Å². The number of ketones is 1. The maximum atomic E-state index is 12.0. The van der Waals surface area contributed by atoms with Crippen LogP contribution in [0.1, 0.15) is 21.5 Å². The number of rotatable bonds is 2. The van der Waals surface area contributed by atoms with Crippen LogP contribution in [0.25, 0.3) is 0 Å². The number of carbonyl (C=O) groups is 1. The largest absolute Gasteiger partial charge is 0.472 e. The van der Waals surface area contributed by atoms with Crippen LogP contribution in [-0.4, -0.2) is 5.78 Å². The smallest absolute Gasteiger partial charge is 0.196 e. The number of hydrogen-bond acceptors (Lipinski definition) is 2. The maximum Gasteiger partial charge on any atom is 0.196 e. The fraction of sp³-hybridized carbons (Fsp3) is 0.0833. The zero-order valence-corrected chi connectivity index (χ0v) is 8.91. The molecule has 0 amide bonds. The van der Waals surface area contributed by atoms with Gasteiger partial charge in [0.15, 0.2) is 5.78 Å². The summed E-state index contributed by atoms with van der Waals surface area (Å²) >= 11 is 5.85. The number of furan rings is 1. The van der Waals surface area contributed by atoms with Gasteiger partial charge in [0.05, 0.1) is 11.8 Å². The summed E-state index contributed by atoms with van der Waals surface area (Å²) in [5, 5.41) is 0.562. The Hall–Kier alpha value is -1.54. The van der Waals surface area contributed by atoms with Crippen LogP contribution in [-0.2, 0) is 0 Å². The van der Waals surface area contributed by atoms with Crippen molar-refractivity contribution in [3.8, 4) is 0 Å². The van der Waals surface area contributed by atoms with Gasteiger partial charge in [0.1, 0.15) is 6.26 Å². The first-order valence-electron chi connectivity index (χ1n) is 4.51. The highest BCUT2D eigenvalue weighted by molar-refractivity contribution is 6.31. The summed E-state index contributed by atoms with van der Waals surface area (Å²) in [6.07, 6.45) is 2.91. The lowest BCUT2D eigenvalue weighted by Crippen LogP contribution is -2.02. The number of hydrogen-bond donors (Lipinski definition) is 0. The van der Waals surface area contributed by atoms with E-state index in [0.717, 1.165) is 5.56 Å². The zero-order chi connectivity index (χ0) is 10.8. The Morgan fingerprint density at radius 1 is 1.33 bits per heavy atom. The van der Waals surface area contributed by atoms with Crippen molar-refractivity contribution < 1.29 is 9.21 Å². The van der Waals surface area contributed by atoms with Gasteiger partial charge < -0.3 is 4.42 Å². The first-order chi connectivity index (χ1) is 7.18. The molecule has 0 spiro atoms. The number of halogens is 1. The molecule has 1 aromatic heterocycles. The second-order valence-electron chi connectivity index (χ2n) is 3.30. The van der Waals surface area contributed by atoms with Crippen molar-refractivity contribution in [1.82, 2.24) is 0 Å². The molecule has 0 atom stereocenters. The fourth-order valence-corrected chi connectivity index (χ4v) is 1.56. The van der Waals surface area contributed by atoms with Crippen LogP contribution in [0.15, 0.2) is 41.2 Å². The van der Waals surface area contributed by atoms with Crippen molar-refractivity contribution in [2.75, 3.05) is 0 Å². The molecule has 15 heavy (non-hydrogen) atoms. The van der Waals surface area contributed by atoms with Crippen molar-refractivity contribution in [2.45, 2.75) is 6.92 Å². The molecule has 0 saturated carbocycles. The van der Waals surface area contributed by atoms with Crippen LogP contribution < -0.4 is 0 Å². The number of carbonyl (C=O) groups excluding carboxylic acids is 1. The van der Waals surface area contributed by atoms with Gasteiger partial charge in [-0.15, -0.1) is 0 Å². The third kappa shape index (κ3) is 1.95. The molecule has 0 N–H and O–H groups in total. The number of aryl methyl sites for hydroxylation is 1. The Bertz CT molecular complexity index is 486. The zero-order valence-electron chi connectivity index (χ0n) is 8.16. The Kier molecular flexibility index (Phi) is 2.60. The summed E-state index contributed by atoms with van der Waals surface area (Å²) in [6, 6.07) is 6.91. The summed E-state index contributed by atoms with van der Waals surface area (Å²) in [5.74, 6) is -0.0660. The molecule has 0 unspecified atom stereocenters. The lowest BCUT2D eigenvalue weighted by atomic mass is 10.0. The van der Waals surface area contributed by atoms with Crippen molar-refractivity contribution in [1.29, 1.82) is 0 Å². The van der Waals surface area contributed by atoms with Gasteiger partial charge in [0.2, 0.25) is 0 Å². The molecule has 1 heterocycles. The molecule has 0 bridgehead atoms. The first-order valence-corrected chi connectivity index (χ1v) is 4.89. The monoisotopic (exact) mass is 220 g/mol. The van der Waals surface area contributed by atoms with Crippen molar-refractivity contribution in [2.24, 2.45) is 0 Å². The molecular weight excluding hydrogens is 212 g/mol. The van der Waals surface area contributed by atoms with E-state index in [1.54, 1.807) is 18.2 Å². The average molecular weight is 221 g/mol. The SMILES string of the molecule is Cc1ccc(Cl)cc1C(=O)c1ccoc1. The molecular formula is C12H9ClO2. The van der Waals surface area contributed by atoms with Crippen molar-refractivity contribution in [3.63, 3.8) is 0 Å². The van der Waals surface area contributed by atoms with Crippen molar-refractivity contribution in [3.05, 3.63) is 58.5 Å². The van der Waals surface area contributed by atoms with E-state index in [9.17, 15) is 4.79 Å². The molecule has 0 radical (unpaired) electrons. The van der Waals surface area contributed by atoms with Gasteiger partial charge in [0.25, 0.3) is 0 Å². The van der Waals surface area contributed by atoms with Gasteiger partial charge in [-0.25, -0.2) is 0 Å². The number of benzene rings is 1. The van der Waals surface area contributed by atoms with Gasteiger partial charge in [-0.1, -0.05) is 17.7 Å². The molecule has 2 rings (SSSR count). The van der Waals surface area contributed by atoms with Crippen LogP contribution in [0.5, 0.6) is 0 Å². The third-order valence-corrected chi connectivity index (χ3v) is 2.46. The molecule has 0 aliphatic carbocycles. The van der Waals surface area contributed by atoms with E-state index in [4.69, 9.17) is 16.0 Å². The minimum atomic E-state index is -0.0660. The average Bonchev–Trinajstić information content (AvgIpc) is 2.74. The molecule has 0 aliphatic rings. The Labute approximate surface area is 92.5 Å². The Morgan fingerprint density at radius 2 is 2.13 bits per heavy atom. The first kappa shape index (κ1) is 9.99. The predicted octanol–water partition coefficient (Wildman–Crippen LogP) is 3.47. The van der Waals surface area contributed by atoms with Gasteiger partial charge in [0, 0.05) is 10.6 Å². The lowest BCUT2D eigenvalue weighted by Gasteiger charge is -2.03. The van der Waals surface area contributed by atoms with E-state index < -0.39 is 0 Å². The summed E-state index contributed by atoms with van der Waals surface area (Å²) in [5.41, 5.74) is 2.06. The highest BCUT2D eigenvalue weighted by Crippen LogP contribution is 2.19. The molecule has 2 nitrogen and oxygen atoms in total. The van der Waals surface area contributed by atoms with Crippen LogP contribution in [0.4, 0.5) is 0 Å². The van der Waals surface area contributed by atoms with Gasteiger partial charge in [-0.05, 0) is 30.7 Å². The van der Waals surface area contributed by atoms with Gasteiger partial charge in [-0.2, -0.15) is 0 Å². The molecule has 1 aromatic carbocycles. The minimum absolute atomic E-state index is 0.0660. The van der Waals surface area contributed by atoms with E-state index in [1.807, 2.05) is 13.0 Å². The molecule has 76 valence electrons. The highest BCUT2D eigenvalue weighted by Gasteiger charge is 2.12. The highest BCUT2D eigenvalue weighted by atomic mass is 35.5.